The van der Waals surface area contributed by atoms with Gasteiger partial charge in [0.1, 0.15) is 23.5 Å². The molecule has 0 unspecified atom stereocenters. The summed E-state index contributed by atoms with van der Waals surface area (Å²) in [5.41, 5.74) is 0.653. The van der Waals surface area contributed by atoms with Crippen LogP contribution >= 0.6 is 23.2 Å². The van der Waals surface area contributed by atoms with Crippen LogP contribution in [0.3, 0.4) is 0 Å². The van der Waals surface area contributed by atoms with Gasteiger partial charge in [-0.15, -0.1) is 0 Å². The van der Waals surface area contributed by atoms with Gasteiger partial charge in [-0.3, -0.25) is 4.79 Å². The predicted molar refractivity (Wildman–Crippen MR) is 96.2 cm³/mol. The van der Waals surface area contributed by atoms with Crippen LogP contribution in [0, 0.1) is 22.7 Å². The molecule has 2 aromatic rings. The summed E-state index contributed by atoms with van der Waals surface area (Å²) in [7, 11) is 0. The van der Waals surface area contributed by atoms with Crippen molar-refractivity contribution in [3.63, 3.8) is 0 Å². The Bertz CT molecular complexity index is 911. The molecule has 2 aromatic carbocycles. The summed E-state index contributed by atoms with van der Waals surface area (Å²) in [5.74, 6) is -0.243. The maximum atomic E-state index is 12.3. The molecule has 0 aliphatic heterocycles. The van der Waals surface area contributed by atoms with E-state index >= 15 is 0 Å². The van der Waals surface area contributed by atoms with Crippen molar-refractivity contribution in [2.45, 2.75) is 0 Å². The molecule has 0 aliphatic rings. The zero-order chi connectivity index (χ0) is 18.2. The summed E-state index contributed by atoms with van der Waals surface area (Å²) in [6.45, 7) is -0.142. The number of rotatable bonds is 5. The summed E-state index contributed by atoms with van der Waals surface area (Å²) in [6.07, 6.45) is 1.38. The number of benzene rings is 2. The van der Waals surface area contributed by atoms with E-state index in [0.29, 0.717) is 27.0 Å². The lowest BCUT2D eigenvalue weighted by Gasteiger charge is -2.08. The largest absolute Gasteiger partial charge is 0.478 e. The van der Waals surface area contributed by atoms with Crippen LogP contribution in [0.1, 0.15) is 5.56 Å². The van der Waals surface area contributed by atoms with E-state index in [2.05, 4.69) is 5.32 Å². The second kappa shape index (κ2) is 8.75. The molecule has 0 radical (unpaired) electrons. The maximum Gasteiger partial charge on any atom is 0.266 e. The molecule has 1 amide bonds. The molecule has 124 valence electrons. The Balaban J connectivity index is 2.29. The van der Waals surface area contributed by atoms with Crippen molar-refractivity contribution in [1.82, 2.24) is 0 Å². The highest BCUT2D eigenvalue weighted by Gasteiger charge is 2.13. The second-order valence-electron chi connectivity index (χ2n) is 4.73. The topological polar surface area (TPSA) is 85.9 Å². The van der Waals surface area contributed by atoms with Crippen LogP contribution in [-0.2, 0) is 4.79 Å². The van der Waals surface area contributed by atoms with Gasteiger partial charge in [-0.2, -0.15) is 10.5 Å². The molecule has 0 aromatic heterocycles. The number of hydrogen-bond acceptors (Lipinski definition) is 4. The van der Waals surface area contributed by atoms with Gasteiger partial charge in [0.25, 0.3) is 5.91 Å². The third kappa shape index (κ3) is 4.99. The lowest BCUT2D eigenvalue weighted by atomic mass is 10.1. The highest BCUT2D eigenvalue weighted by atomic mass is 35.5. The van der Waals surface area contributed by atoms with E-state index in [1.807, 2.05) is 12.1 Å². The van der Waals surface area contributed by atoms with Gasteiger partial charge in [-0.1, -0.05) is 41.4 Å². The average Bonchev–Trinajstić information content (AvgIpc) is 2.61. The van der Waals surface area contributed by atoms with Crippen molar-refractivity contribution in [2.24, 2.45) is 0 Å². The third-order valence-electron chi connectivity index (χ3n) is 3.05. The first-order valence-corrected chi connectivity index (χ1v) is 7.77. The molecule has 0 aliphatic carbocycles. The highest BCUT2D eigenvalue weighted by Crippen LogP contribution is 2.26. The van der Waals surface area contributed by atoms with Crippen molar-refractivity contribution < 1.29 is 9.53 Å². The number of halogens is 2. The number of carbonyl (C=O) groups is 1. The minimum absolute atomic E-state index is 0.142. The lowest BCUT2D eigenvalue weighted by Crippen LogP contribution is -2.13. The number of para-hydroxylation sites is 1. The van der Waals surface area contributed by atoms with Gasteiger partial charge in [0, 0.05) is 10.6 Å². The minimum atomic E-state index is -0.637. The first kappa shape index (κ1) is 18.4. The molecule has 1 N–H and O–H groups in total. The van der Waals surface area contributed by atoms with E-state index in [0.717, 1.165) is 0 Å². The Morgan fingerprint density at radius 1 is 1.20 bits per heavy atom. The normalized spacial score (nSPS) is 10.5. The molecule has 0 atom stereocenters. The Morgan fingerprint density at radius 3 is 2.68 bits per heavy atom. The van der Waals surface area contributed by atoms with E-state index in [-0.39, 0.29) is 12.2 Å². The summed E-state index contributed by atoms with van der Waals surface area (Å²) in [5, 5.41) is 21.2. The van der Waals surface area contributed by atoms with Crippen LogP contribution in [0.15, 0.2) is 48.0 Å². The molecule has 0 saturated heterocycles. The smallest absolute Gasteiger partial charge is 0.266 e. The standard InChI is InChI=1S/C18H11Cl2N3O2/c19-14-5-6-15(20)16(10-14)23-18(24)13(11-22)9-12-3-1-2-4-17(12)25-8-7-21/h1-6,9-10H,8H2,(H,23,24)/b13-9+. The Labute approximate surface area is 154 Å². The zero-order valence-electron chi connectivity index (χ0n) is 12.8. The summed E-state index contributed by atoms with van der Waals surface area (Å²) >= 11 is 11.9. The molecule has 0 bridgehead atoms. The number of carbonyl (C=O) groups excluding carboxylic acids is 1. The fraction of sp³-hybridized carbons (Fsp3) is 0.0556. The lowest BCUT2D eigenvalue weighted by molar-refractivity contribution is -0.112. The summed E-state index contributed by atoms with van der Waals surface area (Å²) in [4.78, 5) is 12.3. The van der Waals surface area contributed by atoms with E-state index in [1.54, 1.807) is 36.4 Å². The fourth-order valence-corrected chi connectivity index (χ4v) is 2.27. The molecule has 5 nitrogen and oxygen atoms in total. The minimum Gasteiger partial charge on any atom is -0.478 e. The van der Waals surface area contributed by atoms with Gasteiger partial charge in [-0.05, 0) is 30.3 Å². The molecule has 7 heteroatoms. The van der Waals surface area contributed by atoms with Crippen molar-refractivity contribution >= 4 is 40.9 Å². The van der Waals surface area contributed by atoms with Crippen molar-refractivity contribution in [3.8, 4) is 17.9 Å². The van der Waals surface area contributed by atoms with Gasteiger partial charge in [-0.25, -0.2) is 0 Å². The average molecular weight is 372 g/mol. The number of anilines is 1. The van der Waals surface area contributed by atoms with Crippen molar-refractivity contribution in [1.29, 1.82) is 10.5 Å². The van der Waals surface area contributed by atoms with E-state index in [4.69, 9.17) is 33.2 Å². The van der Waals surface area contributed by atoms with Crippen LogP contribution in [0.4, 0.5) is 5.69 Å². The monoisotopic (exact) mass is 371 g/mol. The summed E-state index contributed by atoms with van der Waals surface area (Å²) < 4.78 is 5.28. The quantitative estimate of drug-likeness (QED) is 0.621. The molecular weight excluding hydrogens is 361 g/mol. The van der Waals surface area contributed by atoms with E-state index in [1.165, 1.54) is 12.1 Å². The van der Waals surface area contributed by atoms with E-state index < -0.39 is 5.91 Å². The number of amides is 1. The number of hydrogen-bond donors (Lipinski definition) is 1. The number of ether oxygens (including phenoxy) is 1. The van der Waals surface area contributed by atoms with Crippen LogP contribution in [-0.4, -0.2) is 12.5 Å². The fourth-order valence-electron chi connectivity index (χ4n) is 1.93. The maximum absolute atomic E-state index is 12.3. The van der Waals surface area contributed by atoms with Crippen LogP contribution in [0.25, 0.3) is 6.08 Å². The zero-order valence-corrected chi connectivity index (χ0v) is 14.3. The van der Waals surface area contributed by atoms with Gasteiger partial charge < -0.3 is 10.1 Å². The van der Waals surface area contributed by atoms with Gasteiger partial charge in [0.15, 0.2) is 6.61 Å². The van der Waals surface area contributed by atoms with Gasteiger partial charge in [0.05, 0.1) is 10.7 Å². The van der Waals surface area contributed by atoms with E-state index in [9.17, 15) is 10.1 Å². The molecule has 0 saturated carbocycles. The highest BCUT2D eigenvalue weighted by molar-refractivity contribution is 6.36. The van der Waals surface area contributed by atoms with Crippen molar-refractivity contribution in [3.05, 3.63) is 63.6 Å². The number of nitrogens with zero attached hydrogens (tertiary/aromatic N) is 2. The molecular formula is C18H11Cl2N3O2. The molecule has 0 spiro atoms. The predicted octanol–water partition coefficient (Wildman–Crippen LogP) is 4.44. The Kier molecular flexibility index (Phi) is 6.42. The molecule has 2 rings (SSSR count). The Hall–Kier alpha value is -2.99. The number of nitriles is 2. The van der Waals surface area contributed by atoms with Crippen LogP contribution in [0.2, 0.25) is 10.0 Å². The first-order chi connectivity index (χ1) is 12.0. The number of nitrogens with one attached hydrogen (secondary N) is 1. The third-order valence-corrected chi connectivity index (χ3v) is 3.62. The van der Waals surface area contributed by atoms with Crippen LogP contribution in [0.5, 0.6) is 5.75 Å². The van der Waals surface area contributed by atoms with Gasteiger partial charge >= 0.3 is 0 Å². The van der Waals surface area contributed by atoms with Gasteiger partial charge in [0.2, 0.25) is 0 Å². The Morgan fingerprint density at radius 2 is 1.96 bits per heavy atom. The molecule has 25 heavy (non-hydrogen) atoms. The first-order valence-electron chi connectivity index (χ1n) is 7.02. The molecule has 0 heterocycles. The van der Waals surface area contributed by atoms with Crippen LogP contribution < -0.4 is 10.1 Å². The van der Waals surface area contributed by atoms with Crippen molar-refractivity contribution in [2.75, 3.05) is 11.9 Å². The second-order valence-corrected chi connectivity index (χ2v) is 5.58. The summed E-state index contributed by atoms with van der Waals surface area (Å²) in [6, 6.07) is 15.1. The SMILES string of the molecule is N#CCOc1ccccc1/C=C(\C#N)C(=O)Nc1cc(Cl)ccc1Cl. The molecule has 0 fully saturated rings.